The SMILES string of the molecule is CCS(=O)(=O)N1CCC=C(c2cc(C(=O)c3c(Cl)ccc(F)c3Cl)n3ccccc23)C1. The first-order valence-electron chi connectivity index (χ1n) is 9.70. The molecule has 2 aromatic heterocycles. The Kier molecular flexibility index (Phi) is 5.96. The molecule has 0 amide bonds. The molecular formula is C22H19Cl2FN2O3S. The van der Waals surface area contributed by atoms with Gasteiger partial charge in [0.2, 0.25) is 15.8 Å². The van der Waals surface area contributed by atoms with Crippen molar-refractivity contribution in [1.29, 1.82) is 0 Å². The van der Waals surface area contributed by atoms with Gasteiger partial charge in [0.05, 0.1) is 32.6 Å². The van der Waals surface area contributed by atoms with Gasteiger partial charge in [-0.15, -0.1) is 0 Å². The van der Waals surface area contributed by atoms with Crippen molar-refractivity contribution in [3.63, 3.8) is 0 Å². The van der Waals surface area contributed by atoms with Crippen LogP contribution >= 0.6 is 23.2 Å². The fourth-order valence-electron chi connectivity index (χ4n) is 3.78. The summed E-state index contributed by atoms with van der Waals surface area (Å²) in [5.74, 6) is -1.22. The van der Waals surface area contributed by atoms with Gasteiger partial charge in [-0.1, -0.05) is 35.3 Å². The molecule has 0 saturated carbocycles. The Morgan fingerprint density at radius 2 is 1.97 bits per heavy atom. The van der Waals surface area contributed by atoms with E-state index in [2.05, 4.69) is 0 Å². The molecule has 162 valence electrons. The number of aromatic nitrogens is 1. The number of hydrogen-bond acceptors (Lipinski definition) is 3. The van der Waals surface area contributed by atoms with Crippen LogP contribution in [0.4, 0.5) is 4.39 Å². The molecule has 4 rings (SSSR count). The van der Waals surface area contributed by atoms with E-state index in [0.29, 0.717) is 13.0 Å². The van der Waals surface area contributed by atoms with Gasteiger partial charge >= 0.3 is 0 Å². The Labute approximate surface area is 189 Å². The molecule has 1 aromatic carbocycles. The Balaban J connectivity index is 1.84. The second-order valence-electron chi connectivity index (χ2n) is 7.20. The smallest absolute Gasteiger partial charge is 0.214 e. The highest BCUT2D eigenvalue weighted by molar-refractivity contribution is 7.89. The van der Waals surface area contributed by atoms with Crippen LogP contribution in [0.25, 0.3) is 11.1 Å². The van der Waals surface area contributed by atoms with Crippen LogP contribution in [0.15, 0.2) is 48.7 Å². The largest absolute Gasteiger partial charge is 0.313 e. The Morgan fingerprint density at radius 1 is 1.19 bits per heavy atom. The van der Waals surface area contributed by atoms with E-state index in [-0.39, 0.29) is 33.6 Å². The molecule has 0 unspecified atom stereocenters. The molecule has 0 spiro atoms. The summed E-state index contributed by atoms with van der Waals surface area (Å²) >= 11 is 12.2. The predicted octanol–water partition coefficient (Wildman–Crippen LogP) is 5.06. The van der Waals surface area contributed by atoms with Gasteiger partial charge in [-0.05, 0) is 49.2 Å². The van der Waals surface area contributed by atoms with Crippen molar-refractivity contribution >= 4 is 50.1 Å². The number of hydrogen-bond donors (Lipinski definition) is 0. The van der Waals surface area contributed by atoms with Gasteiger partial charge in [0.1, 0.15) is 5.82 Å². The van der Waals surface area contributed by atoms with Crippen LogP contribution in [0, 0.1) is 5.82 Å². The number of pyridine rings is 1. The fourth-order valence-corrected chi connectivity index (χ4v) is 5.41. The molecule has 0 N–H and O–H groups in total. The maximum absolute atomic E-state index is 14.0. The summed E-state index contributed by atoms with van der Waals surface area (Å²) in [6.07, 6.45) is 4.28. The van der Waals surface area contributed by atoms with Gasteiger partial charge in [0.15, 0.2) is 0 Å². The minimum absolute atomic E-state index is 0.0249. The molecule has 31 heavy (non-hydrogen) atoms. The monoisotopic (exact) mass is 480 g/mol. The van der Waals surface area contributed by atoms with E-state index in [1.54, 1.807) is 29.7 Å². The highest BCUT2D eigenvalue weighted by Gasteiger charge is 2.28. The van der Waals surface area contributed by atoms with Crippen molar-refractivity contribution in [2.24, 2.45) is 0 Å². The number of rotatable bonds is 5. The molecule has 0 fully saturated rings. The molecule has 1 aliphatic heterocycles. The molecule has 9 heteroatoms. The Hall–Kier alpha value is -2.19. The van der Waals surface area contributed by atoms with Crippen molar-refractivity contribution in [2.75, 3.05) is 18.8 Å². The van der Waals surface area contributed by atoms with Crippen LogP contribution < -0.4 is 0 Å². The number of carbonyl (C=O) groups excluding carboxylic acids is 1. The first-order valence-corrected chi connectivity index (χ1v) is 12.1. The van der Waals surface area contributed by atoms with Crippen LogP contribution in [0.3, 0.4) is 0 Å². The standard InChI is InChI=1S/C22H19Cl2FN2O3S/c1-2-31(29,30)26-10-5-6-14(13-26)15-12-19(27-11-4-3-7-18(15)27)22(28)20-16(23)8-9-17(25)21(20)24/h3-4,6-9,11-12H,2,5,10,13H2,1H3. The molecule has 0 bridgehead atoms. The summed E-state index contributed by atoms with van der Waals surface area (Å²) in [6.45, 7) is 2.26. The lowest BCUT2D eigenvalue weighted by atomic mass is 10.0. The number of nitrogens with zero attached hydrogens (tertiary/aromatic N) is 2. The van der Waals surface area contributed by atoms with E-state index in [1.165, 1.54) is 10.4 Å². The van der Waals surface area contributed by atoms with Crippen LogP contribution in [-0.2, 0) is 10.0 Å². The minimum atomic E-state index is -3.34. The molecule has 1 aliphatic rings. The molecule has 5 nitrogen and oxygen atoms in total. The molecule has 3 aromatic rings. The predicted molar refractivity (Wildman–Crippen MR) is 121 cm³/mol. The summed E-state index contributed by atoms with van der Waals surface area (Å²) in [5, 5.41) is -0.275. The quantitative estimate of drug-likeness (QED) is 0.378. The first-order chi connectivity index (χ1) is 14.7. The molecule has 0 aliphatic carbocycles. The Bertz CT molecular complexity index is 1330. The lowest BCUT2D eigenvalue weighted by molar-refractivity contribution is 0.103. The van der Waals surface area contributed by atoms with Gasteiger partial charge in [-0.25, -0.2) is 12.8 Å². The van der Waals surface area contributed by atoms with Crippen molar-refractivity contribution < 1.29 is 17.6 Å². The lowest BCUT2D eigenvalue weighted by Crippen LogP contribution is -2.36. The highest BCUT2D eigenvalue weighted by atomic mass is 35.5. The van der Waals surface area contributed by atoms with Crippen LogP contribution in [0.2, 0.25) is 10.0 Å². The summed E-state index contributed by atoms with van der Waals surface area (Å²) in [7, 11) is -3.34. The van der Waals surface area contributed by atoms with Gasteiger partial charge < -0.3 is 4.40 Å². The molecule has 0 atom stereocenters. The number of fused-ring (bicyclic) bond motifs is 1. The van der Waals surface area contributed by atoms with Crippen molar-refractivity contribution in [3.8, 4) is 0 Å². The molecule has 0 radical (unpaired) electrons. The van der Waals surface area contributed by atoms with E-state index < -0.39 is 21.6 Å². The molecule has 0 saturated heterocycles. The van der Waals surface area contributed by atoms with E-state index in [9.17, 15) is 17.6 Å². The average Bonchev–Trinajstić information content (AvgIpc) is 3.16. The molecule has 3 heterocycles. The van der Waals surface area contributed by atoms with E-state index in [0.717, 1.165) is 22.7 Å². The lowest BCUT2D eigenvalue weighted by Gasteiger charge is -2.26. The van der Waals surface area contributed by atoms with Gasteiger partial charge in [0.25, 0.3) is 0 Å². The van der Waals surface area contributed by atoms with Gasteiger partial charge in [0, 0.05) is 24.8 Å². The Morgan fingerprint density at radius 3 is 2.71 bits per heavy atom. The topological polar surface area (TPSA) is 58.9 Å². The van der Waals surface area contributed by atoms with Crippen molar-refractivity contribution in [2.45, 2.75) is 13.3 Å². The third-order valence-corrected chi connectivity index (χ3v) is 7.91. The first kappa shape index (κ1) is 22.0. The number of halogens is 3. The van der Waals surface area contributed by atoms with Crippen LogP contribution in [0.5, 0.6) is 0 Å². The number of carbonyl (C=O) groups is 1. The third kappa shape index (κ3) is 3.91. The zero-order valence-corrected chi connectivity index (χ0v) is 18.9. The van der Waals surface area contributed by atoms with E-state index >= 15 is 0 Å². The third-order valence-electron chi connectivity index (χ3n) is 5.40. The summed E-state index contributed by atoms with van der Waals surface area (Å²) < 4.78 is 41.9. The van der Waals surface area contributed by atoms with Crippen LogP contribution in [-0.4, -0.2) is 41.7 Å². The maximum atomic E-state index is 14.0. The van der Waals surface area contributed by atoms with Gasteiger partial charge in [-0.3, -0.25) is 4.79 Å². The van der Waals surface area contributed by atoms with Gasteiger partial charge in [-0.2, -0.15) is 4.31 Å². The molecular weight excluding hydrogens is 462 g/mol. The summed E-state index contributed by atoms with van der Waals surface area (Å²) in [6, 6.07) is 9.53. The van der Waals surface area contributed by atoms with Crippen molar-refractivity contribution in [3.05, 3.63) is 81.4 Å². The summed E-state index contributed by atoms with van der Waals surface area (Å²) in [4.78, 5) is 13.3. The van der Waals surface area contributed by atoms with E-state index in [4.69, 9.17) is 23.2 Å². The normalized spacial score (nSPS) is 15.3. The van der Waals surface area contributed by atoms with Crippen molar-refractivity contribution in [1.82, 2.24) is 8.71 Å². The second-order valence-corrected chi connectivity index (χ2v) is 10.2. The van der Waals surface area contributed by atoms with Crippen LogP contribution in [0.1, 0.15) is 35.0 Å². The highest BCUT2D eigenvalue weighted by Crippen LogP contribution is 2.33. The number of benzene rings is 1. The average molecular weight is 481 g/mol. The minimum Gasteiger partial charge on any atom is -0.313 e. The zero-order chi connectivity index (χ0) is 22.3. The second kappa shape index (κ2) is 8.39. The zero-order valence-electron chi connectivity index (χ0n) is 16.6. The van der Waals surface area contributed by atoms with E-state index in [1.807, 2.05) is 18.2 Å². The maximum Gasteiger partial charge on any atom is 0.214 e. The fraction of sp³-hybridized carbons (Fsp3) is 0.227. The summed E-state index contributed by atoms with van der Waals surface area (Å²) in [5.41, 5.74) is 2.44. The number of sulfonamides is 1. The number of ketones is 1.